The Hall–Kier alpha value is -1.69. The first kappa shape index (κ1) is 9.85. The molecule has 78 valence electrons. The maximum Gasteiger partial charge on any atom is 0.142 e. The molecule has 3 heteroatoms. The summed E-state index contributed by atoms with van der Waals surface area (Å²) in [5.74, 6) is 0.850. The second-order valence-corrected chi connectivity index (χ2v) is 3.85. The van der Waals surface area contributed by atoms with Crippen LogP contribution in [0.4, 0.5) is 5.69 Å². The highest BCUT2D eigenvalue weighted by atomic mass is 16.5. The lowest BCUT2D eigenvalue weighted by Crippen LogP contribution is -2.28. The summed E-state index contributed by atoms with van der Waals surface area (Å²) in [6.07, 6.45) is 0. The predicted octanol–water partition coefficient (Wildman–Crippen LogP) is 2.14. The van der Waals surface area contributed by atoms with Crippen molar-refractivity contribution in [1.82, 2.24) is 0 Å². The summed E-state index contributed by atoms with van der Waals surface area (Å²) in [6.45, 7) is 3.54. The van der Waals surface area contributed by atoms with E-state index < -0.39 is 0 Å². The van der Waals surface area contributed by atoms with Gasteiger partial charge in [0.2, 0.25) is 0 Å². The van der Waals surface area contributed by atoms with Crippen molar-refractivity contribution in [2.45, 2.75) is 12.8 Å². The Morgan fingerprint density at radius 2 is 2.33 bits per heavy atom. The van der Waals surface area contributed by atoms with Crippen LogP contribution in [0.2, 0.25) is 0 Å². The van der Waals surface area contributed by atoms with Crippen LogP contribution >= 0.6 is 0 Å². The average molecular weight is 202 g/mol. The van der Waals surface area contributed by atoms with Crippen LogP contribution in [-0.4, -0.2) is 20.2 Å². The Labute approximate surface area is 89.9 Å². The van der Waals surface area contributed by atoms with Crippen LogP contribution in [0.15, 0.2) is 18.2 Å². The number of hydrogen-bond donors (Lipinski definition) is 0. The molecule has 0 bridgehead atoms. The minimum absolute atomic E-state index is 0.0642. The third-order valence-electron chi connectivity index (χ3n) is 2.77. The molecule has 0 spiro atoms. The smallest absolute Gasteiger partial charge is 0.142 e. The number of fused-ring (bicyclic) bond motifs is 1. The summed E-state index contributed by atoms with van der Waals surface area (Å²) in [6, 6.07) is 8.20. The van der Waals surface area contributed by atoms with E-state index in [-0.39, 0.29) is 5.92 Å². The van der Waals surface area contributed by atoms with Gasteiger partial charge < -0.3 is 9.64 Å². The minimum Gasteiger partial charge on any atom is -0.490 e. The highest BCUT2D eigenvalue weighted by molar-refractivity contribution is 5.61. The molecule has 1 aromatic rings. The number of nitrogens with zero attached hydrogens (tertiary/aromatic N) is 2. The van der Waals surface area contributed by atoms with Gasteiger partial charge in [0.15, 0.2) is 0 Å². The molecule has 1 unspecified atom stereocenters. The zero-order chi connectivity index (χ0) is 10.8. The van der Waals surface area contributed by atoms with Crippen LogP contribution in [-0.2, 0) is 0 Å². The molecule has 1 aromatic carbocycles. The van der Waals surface area contributed by atoms with E-state index in [0.29, 0.717) is 0 Å². The Balaban J connectivity index is 2.40. The first-order valence-electron chi connectivity index (χ1n) is 5.10. The molecule has 0 radical (unpaired) electrons. The Kier molecular flexibility index (Phi) is 2.51. The van der Waals surface area contributed by atoms with Crippen LogP contribution in [0.1, 0.15) is 18.4 Å². The van der Waals surface area contributed by atoms with Gasteiger partial charge in [-0.3, -0.25) is 0 Å². The van der Waals surface area contributed by atoms with Crippen molar-refractivity contribution in [3.63, 3.8) is 0 Å². The normalized spacial score (nSPS) is 16.2. The number of rotatable bonds is 1. The lowest BCUT2D eigenvalue weighted by atomic mass is 10.0. The van der Waals surface area contributed by atoms with Crippen LogP contribution in [0.5, 0.6) is 5.75 Å². The standard InChI is InChI=1S/C12H14N2O/c1-9(8-13)10-3-4-12-11(7-10)14(2)5-6-15-12/h3-4,7,9H,5-6H2,1-2H3. The SMILES string of the molecule is CC(C#N)c1ccc2c(c1)N(C)CCO2. The molecule has 3 nitrogen and oxygen atoms in total. The first-order chi connectivity index (χ1) is 7.22. The first-order valence-corrected chi connectivity index (χ1v) is 5.10. The molecule has 0 fully saturated rings. The van der Waals surface area contributed by atoms with E-state index in [2.05, 4.69) is 11.0 Å². The molecule has 0 N–H and O–H groups in total. The minimum atomic E-state index is -0.0642. The average Bonchev–Trinajstić information content (AvgIpc) is 2.28. The quantitative estimate of drug-likeness (QED) is 0.700. The van der Waals surface area contributed by atoms with Gasteiger partial charge in [-0.05, 0) is 24.6 Å². The van der Waals surface area contributed by atoms with Gasteiger partial charge in [-0.1, -0.05) is 6.07 Å². The van der Waals surface area contributed by atoms with Crippen molar-refractivity contribution in [2.24, 2.45) is 0 Å². The van der Waals surface area contributed by atoms with Gasteiger partial charge >= 0.3 is 0 Å². The topological polar surface area (TPSA) is 36.3 Å². The zero-order valence-electron chi connectivity index (χ0n) is 9.03. The van der Waals surface area contributed by atoms with Crippen molar-refractivity contribution < 1.29 is 4.74 Å². The van der Waals surface area contributed by atoms with E-state index >= 15 is 0 Å². The second kappa shape index (κ2) is 3.82. The van der Waals surface area contributed by atoms with E-state index in [9.17, 15) is 0 Å². The third-order valence-corrected chi connectivity index (χ3v) is 2.77. The molecule has 0 saturated heterocycles. The molecule has 0 aliphatic carbocycles. The zero-order valence-corrected chi connectivity index (χ0v) is 9.03. The van der Waals surface area contributed by atoms with Gasteiger partial charge in [0.1, 0.15) is 12.4 Å². The van der Waals surface area contributed by atoms with Crippen LogP contribution in [0.3, 0.4) is 0 Å². The summed E-state index contributed by atoms with van der Waals surface area (Å²) < 4.78 is 5.54. The summed E-state index contributed by atoms with van der Waals surface area (Å²) in [5, 5.41) is 8.86. The molecule has 1 aliphatic rings. The van der Waals surface area contributed by atoms with E-state index in [4.69, 9.17) is 10.00 Å². The lowest BCUT2D eigenvalue weighted by molar-refractivity contribution is 0.311. The van der Waals surface area contributed by atoms with Crippen LogP contribution in [0, 0.1) is 11.3 Å². The number of nitriles is 1. The van der Waals surface area contributed by atoms with E-state index in [0.717, 1.165) is 30.2 Å². The number of ether oxygens (including phenoxy) is 1. The van der Waals surface area contributed by atoms with Crippen molar-refractivity contribution in [3.05, 3.63) is 23.8 Å². The fourth-order valence-corrected chi connectivity index (χ4v) is 1.71. The van der Waals surface area contributed by atoms with Gasteiger partial charge in [-0.25, -0.2) is 0 Å². The molecular weight excluding hydrogens is 188 g/mol. The fraction of sp³-hybridized carbons (Fsp3) is 0.417. The third kappa shape index (κ3) is 1.75. The summed E-state index contributed by atoms with van der Waals surface area (Å²) >= 11 is 0. The van der Waals surface area contributed by atoms with Crippen molar-refractivity contribution in [3.8, 4) is 11.8 Å². The molecule has 0 saturated carbocycles. The largest absolute Gasteiger partial charge is 0.490 e. The van der Waals surface area contributed by atoms with Crippen LogP contribution in [0.25, 0.3) is 0 Å². The Bertz CT molecular complexity index is 409. The highest BCUT2D eigenvalue weighted by Crippen LogP contribution is 2.33. The molecule has 1 aliphatic heterocycles. The molecule has 1 heterocycles. The van der Waals surface area contributed by atoms with Crippen molar-refractivity contribution >= 4 is 5.69 Å². The number of benzene rings is 1. The highest BCUT2D eigenvalue weighted by Gasteiger charge is 2.16. The van der Waals surface area contributed by atoms with Gasteiger partial charge in [0, 0.05) is 7.05 Å². The van der Waals surface area contributed by atoms with E-state index in [1.54, 1.807) is 0 Å². The van der Waals surface area contributed by atoms with Gasteiger partial charge in [0.25, 0.3) is 0 Å². The number of likely N-dealkylation sites (N-methyl/N-ethyl adjacent to an activating group) is 1. The number of anilines is 1. The molecule has 1 atom stereocenters. The van der Waals surface area contributed by atoms with E-state index in [1.807, 2.05) is 32.2 Å². The monoisotopic (exact) mass is 202 g/mol. The van der Waals surface area contributed by atoms with Crippen molar-refractivity contribution in [2.75, 3.05) is 25.1 Å². The molecule has 0 aromatic heterocycles. The predicted molar refractivity (Wildman–Crippen MR) is 59.2 cm³/mol. The summed E-state index contributed by atoms with van der Waals surface area (Å²) in [5.41, 5.74) is 2.13. The maximum absolute atomic E-state index is 8.86. The summed E-state index contributed by atoms with van der Waals surface area (Å²) in [4.78, 5) is 2.16. The lowest BCUT2D eigenvalue weighted by Gasteiger charge is -2.28. The number of hydrogen-bond acceptors (Lipinski definition) is 3. The van der Waals surface area contributed by atoms with Gasteiger partial charge in [0.05, 0.1) is 24.2 Å². The van der Waals surface area contributed by atoms with Crippen LogP contribution < -0.4 is 9.64 Å². The fourth-order valence-electron chi connectivity index (χ4n) is 1.71. The van der Waals surface area contributed by atoms with E-state index in [1.165, 1.54) is 0 Å². The maximum atomic E-state index is 8.86. The molecule has 0 amide bonds. The van der Waals surface area contributed by atoms with Gasteiger partial charge in [-0.2, -0.15) is 5.26 Å². The molecule has 2 rings (SSSR count). The second-order valence-electron chi connectivity index (χ2n) is 3.85. The molecule has 15 heavy (non-hydrogen) atoms. The Morgan fingerprint density at radius 1 is 1.53 bits per heavy atom. The Morgan fingerprint density at radius 3 is 3.07 bits per heavy atom. The van der Waals surface area contributed by atoms with Gasteiger partial charge in [-0.15, -0.1) is 0 Å². The van der Waals surface area contributed by atoms with Crippen molar-refractivity contribution in [1.29, 1.82) is 5.26 Å². The summed E-state index contributed by atoms with van der Waals surface area (Å²) in [7, 11) is 2.04. The molecular formula is C12H14N2O.